The third-order valence-corrected chi connectivity index (χ3v) is 5.02. The van der Waals surface area contributed by atoms with Crippen molar-refractivity contribution in [2.24, 2.45) is 5.73 Å². The van der Waals surface area contributed by atoms with Gasteiger partial charge in [-0.05, 0) is 18.2 Å². The van der Waals surface area contributed by atoms with Crippen molar-refractivity contribution in [3.8, 4) is 11.3 Å². The van der Waals surface area contributed by atoms with Gasteiger partial charge in [0.2, 0.25) is 6.10 Å². The molecule has 2 aliphatic rings. The van der Waals surface area contributed by atoms with E-state index in [1.54, 1.807) is 0 Å². The summed E-state index contributed by atoms with van der Waals surface area (Å²) in [4.78, 5) is 20.4. The minimum Gasteiger partial charge on any atom is -0.431 e. The van der Waals surface area contributed by atoms with Crippen LogP contribution in [0.2, 0.25) is 0 Å². The number of pyridine rings is 2. The Balaban J connectivity index is 1.90. The third kappa shape index (κ3) is 4.01. The van der Waals surface area contributed by atoms with E-state index in [-0.39, 0.29) is 24.5 Å². The number of rotatable bonds is 2. The van der Waals surface area contributed by atoms with Crippen molar-refractivity contribution in [3.63, 3.8) is 0 Å². The van der Waals surface area contributed by atoms with Crippen LogP contribution in [0.15, 0.2) is 24.4 Å². The molecule has 172 valence electrons. The number of anilines is 2. The van der Waals surface area contributed by atoms with Crippen molar-refractivity contribution < 1.29 is 40.3 Å². The highest BCUT2D eigenvalue weighted by Crippen LogP contribution is 2.46. The summed E-state index contributed by atoms with van der Waals surface area (Å²) in [6, 6.07) is 1.30. The van der Waals surface area contributed by atoms with Crippen LogP contribution in [0.4, 0.5) is 47.2 Å². The van der Waals surface area contributed by atoms with Crippen LogP contribution < -0.4 is 16.0 Å². The molecule has 0 unspecified atom stereocenters. The van der Waals surface area contributed by atoms with Gasteiger partial charge >= 0.3 is 18.4 Å². The van der Waals surface area contributed by atoms with E-state index in [0.29, 0.717) is 12.1 Å². The van der Waals surface area contributed by atoms with Gasteiger partial charge < -0.3 is 15.4 Å². The number of halogens is 7. The molecule has 0 aromatic carbocycles. The zero-order chi connectivity index (χ0) is 23.4. The van der Waals surface area contributed by atoms with Crippen molar-refractivity contribution in [2.45, 2.75) is 30.7 Å². The number of nitrogens with one attached hydrogen (secondary N) is 1. The topological polar surface area (TPSA) is 93.4 Å². The molecule has 0 radical (unpaired) electrons. The molecule has 0 spiro atoms. The van der Waals surface area contributed by atoms with Crippen molar-refractivity contribution in [3.05, 3.63) is 35.5 Å². The summed E-state index contributed by atoms with van der Waals surface area (Å²) in [6.45, 7) is -0.457. The van der Waals surface area contributed by atoms with E-state index in [2.05, 4.69) is 14.7 Å². The van der Waals surface area contributed by atoms with Crippen molar-refractivity contribution in [1.29, 1.82) is 0 Å². The summed E-state index contributed by atoms with van der Waals surface area (Å²) in [7, 11) is 0. The van der Waals surface area contributed by atoms with Crippen LogP contribution in [0, 0.1) is 0 Å². The number of hydrogen-bond acceptors (Lipinski definition) is 6. The molecule has 2 aromatic heterocycles. The lowest BCUT2D eigenvalue weighted by molar-refractivity contribution is -0.206. The van der Waals surface area contributed by atoms with Gasteiger partial charge in [0.15, 0.2) is 0 Å². The summed E-state index contributed by atoms with van der Waals surface area (Å²) in [5.41, 5.74) is 2.82. The summed E-state index contributed by atoms with van der Waals surface area (Å²) in [5.74, 6) is -0.825. The van der Waals surface area contributed by atoms with Gasteiger partial charge in [0.1, 0.15) is 17.8 Å². The first kappa shape index (κ1) is 22.0. The van der Waals surface area contributed by atoms with Crippen LogP contribution in [0.3, 0.4) is 0 Å². The normalized spacial score (nSPS) is 23.6. The summed E-state index contributed by atoms with van der Waals surface area (Å²) in [6.07, 6.45) is -14.6. The molecule has 0 aliphatic carbocycles. The highest BCUT2D eigenvalue weighted by atomic mass is 19.4. The minimum atomic E-state index is -5.07. The molecule has 4 heterocycles. The molecule has 2 aromatic rings. The largest absolute Gasteiger partial charge is 0.431 e. The van der Waals surface area contributed by atoms with Gasteiger partial charge in [0, 0.05) is 18.3 Å². The Kier molecular flexibility index (Phi) is 5.14. The predicted molar refractivity (Wildman–Crippen MR) is 96.5 cm³/mol. The molecular weight excluding hydrogens is 451 g/mol. The van der Waals surface area contributed by atoms with Crippen LogP contribution in [0.5, 0.6) is 0 Å². The van der Waals surface area contributed by atoms with Crippen molar-refractivity contribution in [2.75, 3.05) is 23.3 Å². The zero-order valence-electron chi connectivity index (χ0n) is 15.8. The first-order chi connectivity index (χ1) is 14.8. The third-order valence-electron chi connectivity index (χ3n) is 5.02. The van der Waals surface area contributed by atoms with Gasteiger partial charge in [0.05, 0.1) is 29.4 Å². The summed E-state index contributed by atoms with van der Waals surface area (Å²) in [5, 5.41) is 2.00. The van der Waals surface area contributed by atoms with E-state index in [0.717, 1.165) is 12.3 Å². The minimum absolute atomic E-state index is 0.131. The van der Waals surface area contributed by atoms with Crippen LogP contribution in [0.25, 0.3) is 11.3 Å². The van der Waals surface area contributed by atoms with Gasteiger partial charge in [-0.3, -0.25) is 5.32 Å². The highest BCUT2D eigenvalue weighted by molar-refractivity contribution is 5.89. The van der Waals surface area contributed by atoms with Crippen LogP contribution in [-0.4, -0.2) is 47.5 Å². The Bertz CT molecular complexity index is 1050. The van der Waals surface area contributed by atoms with Crippen LogP contribution in [0.1, 0.15) is 17.2 Å². The van der Waals surface area contributed by atoms with E-state index in [1.807, 2.05) is 5.32 Å². The number of alkyl halides is 7. The average Bonchev–Trinajstić information content (AvgIpc) is 3.03. The quantitative estimate of drug-likeness (QED) is 0.656. The number of aromatic nitrogens is 2. The molecule has 14 heteroatoms. The van der Waals surface area contributed by atoms with Gasteiger partial charge in [0.25, 0.3) is 0 Å². The van der Waals surface area contributed by atoms with E-state index >= 15 is 0 Å². The lowest BCUT2D eigenvalue weighted by atomic mass is 9.98. The monoisotopic (exact) mass is 465 g/mol. The second kappa shape index (κ2) is 7.46. The number of carbonyl (C=O) groups is 1. The number of carbonyl (C=O) groups excluding carboxylic acids is 1. The molecule has 3 atom stereocenters. The lowest BCUT2D eigenvalue weighted by Gasteiger charge is -2.29. The summed E-state index contributed by atoms with van der Waals surface area (Å²) < 4.78 is 99.5. The molecule has 3 N–H and O–H groups in total. The molecule has 32 heavy (non-hydrogen) atoms. The Morgan fingerprint density at radius 3 is 2.47 bits per heavy atom. The molecule has 0 bridgehead atoms. The van der Waals surface area contributed by atoms with Crippen molar-refractivity contribution in [1.82, 2.24) is 9.97 Å². The molecule has 1 amide bonds. The molecule has 7 nitrogen and oxygen atoms in total. The Morgan fingerprint density at radius 2 is 1.88 bits per heavy atom. The first-order valence-electron chi connectivity index (χ1n) is 9.12. The Morgan fingerprint density at radius 1 is 1.16 bits per heavy atom. The maximum atomic E-state index is 13.8. The van der Waals surface area contributed by atoms with E-state index < -0.39 is 59.4 Å². The van der Waals surface area contributed by atoms with Gasteiger partial charge in [-0.1, -0.05) is 0 Å². The molecule has 4 rings (SSSR count). The van der Waals surface area contributed by atoms with Gasteiger partial charge in [-0.15, -0.1) is 0 Å². The standard InChI is InChI=1S/C18H14F7N5O2/c19-9-5-30(6-10(9)26)12-4-7(17(20,21)22)3-11(28-12)8-1-2-27-15-13(8)14(18(23,24)25)32-16(31)29-15/h1-4,9-10,14H,5-6,26H2,(H,27,29,31)/t9-,10-,14-/m1/s1. The predicted octanol–water partition coefficient (Wildman–Crippen LogP) is 3.81. The van der Waals surface area contributed by atoms with E-state index in [4.69, 9.17) is 5.73 Å². The second-order valence-corrected chi connectivity index (χ2v) is 7.25. The number of fused-ring (bicyclic) bond motifs is 1. The fraction of sp³-hybridized carbons (Fsp3) is 0.389. The zero-order valence-corrected chi connectivity index (χ0v) is 15.8. The van der Waals surface area contributed by atoms with E-state index in [9.17, 15) is 35.5 Å². The number of amides is 1. The Labute approximate surface area is 175 Å². The number of cyclic esters (lactones) is 1. The van der Waals surface area contributed by atoms with Gasteiger partial charge in [-0.2, -0.15) is 26.3 Å². The smallest absolute Gasteiger partial charge is 0.430 e. The second-order valence-electron chi connectivity index (χ2n) is 7.25. The maximum Gasteiger partial charge on any atom is 0.430 e. The fourth-order valence-electron chi connectivity index (χ4n) is 3.54. The molecule has 1 fully saturated rings. The Hall–Kier alpha value is -3.16. The fourth-order valence-corrected chi connectivity index (χ4v) is 3.54. The SMILES string of the molecule is N[C@@H]1CN(c2cc(C(F)(F)F)cc(-c3ccnc4c3[C@H](C(F)(F)F)OC(=O)N4)n2)C[C@H]1F. The number of nitrogens with zero attached hydrogens (tertiary/aromatic N) is 3. The maximum absolute atomic E-state index is 13.8. The molecular formula is C18H14F7N5O2. The molecule has 1 saturated heterocycles. The molecule has 0 saturated carbocycles. The summed E-state index contributed by atoms with van der Waals surface area (Å²) >= 11 is 0. The first-order valence-corrected chi connectivity index (χ1v) is 9.12. The lowest BCUT2D eigenvalue weighted by Crippen LogP contribution is -2.34. The van der Waals surface area contributed by atoms with E-state index in [1.165, 1.54) is 4.90 Å². The van der Waals surface area contributed by atoms with Crippen molar-refractivity contribution >= 4 is 17.7 Å². The highest BCUT2D eigenvalue weighted by Gasteiger charge is 2.49. The number of nitrogens with two attached hydrogens (primary N) is 1. The van der Waals surface area contributed by atoms with Gasteiger partial charge in [-0.25, -0.2) is 19.2 Å². The number of hydrogen-bond donors (Lipinski definition) is 2. The average molecular weight is 465 g/mol. The molecule has 2 aliphatic heterocycles. The van der Waals surface area contributed by atoms with Crippen LogP contribution >= 0.6 is 0 Å². The number of ether oxygens (including phenoxy) is 1. The van der Waals surface area contributed by atoms with Crippen LogP contribution in [-0.2, 0) is 10.9 Å².